The molecule has 1 atom stereocenters. The van der Waals surface area contributed by atoms with Gasteiger partial charge in [-0.2, -0.15) is 0 Å². The fourth-order valence-corrected chi connectivity index (χ4v) is 3.54. The summed E-state index contributed by atoms with van der Waals surface area (Å²) in [6, 6.07) is 15.9. The van der Waals surface area contributed by atoms with Crippen molar-refractivity contribution in [1.82, 2.24) is 10.6 Å². The molecule has 1 aliphatic carbocycles. The van der Waals surface area contributed by atoms with E-state index in [4.69, 9.17) is 9.84 Å². The third kappa shape index (κ3) is 5.15. The highest BCUT2D eigenvalue weighted by Gasteiger charge is 2.29. The Morgan fingerprint density at radius 2 is 1.57 bits per heavy atom. The molecule has 0 radical (unpaired) electrons. The maximum atomic E-state index is 12.0. The summed E-state index contributed by atoms with van der Waals surface area (Å²) in [4.78, 5) is 34.5. The zero-order valence-corrected chi connectivity index (χ0v) is 16.6. The van der Waals surface area contributed by atoms with Gasteiger partial charge in [-0.3, -0.25) is 9.59 Å². The molecule has 0 aliphatic heterocycles. The first-order valence-corrected chi connectivity index (χ1v) is 9.56. The monoisotopic (exact) mass is 412 g/mol. The molecule has 0 aromatic heterocycles. The average Bonchev–Trinajstić information content (AvgIpc) is 3.02. The van der Waals surface area contributed by atoms with Crippen LogP contribution in [0.4, 0.5) is 4.79 Å². The SMILES string of the molecule is CC(O)(CNC(=O)CNC(=O)OCC1c2ccccc2-c2ccccc21)CC(=O)O. The van der Waals surface area contributed by atoms with E-state index in [1.54, 1.807) is 0 Å². The third-order valence-corrected chi connectivity index (χ3v) is 4.94. The average molecular weight is 412 g/mol. The number of hydrogen-bond acceptors (Lipinski definition) is 5. The summed E-state index contributed by atoms with van der Waals surface area (Å²) < 4.78 is 5.33. The van der Waals surface area contributed by atoms with Gasteiger partial charge in [0.25, 0.3) is 0 Å². The molecule has 1 unspecified atom stereocenters. The number of alkyl carbamates (subject to hydrolysis) is 1. The molecule has 1 aliphatic rings. The fourth-order valence-electron chi connectivity index (χ4n) is 3.54. The van der Waals surface area contributed by atoms with Gasteiger partial charge in [0, 0.05) is 12.5 Å². The van der Waals surface area contributed by atoms with Gasteiger partial charge in [-0.15, -0.1) is 0 Å². The number of carbonyl (C=O) groups excluding carboxylic acids is 2. The molecule has 3 rings (SSSR count). The van der Waals surface area contributed by atoms with Crippen LogP contribution in [0.5, 0.6) is 0 Å². The molecule has 4 N–H and O–H groups in total. The van der Waals surface area contributed by atoms with Gasteiger partial charge in [0.2, 0.25) is 5.91 Å². The number of nitrogens with one attached hydrogen (secondary N) is 2. The number of amides is 2. The van der Waals surface area contributed by atoms with Crippen molar-refractivity contribution in [1.29, 1.82) is 0 Å². The van der Waals surface area contributed by atoms with Crippen molar-refractivity contribution in [3.05, 3.63) is 59.7 Å². The minimum absolute atomic E-state index is 0.0805. The quantitative estimate of drug-likeness (QED) is 0.525. The third-order valence-electron chi connectivity index (χ3n) is 4.94. The van der Waals surface area contributed by atoms with E-state index < -0.39 is 30.0 Å². The molecule has 2 aromatic rings. The first-order valence-electron chi connectivity index (χ1n) is 9.56. The second-order valence-electron chi connectivity index (χ2n) is 7.52. The zero-order chi connectivity index (χ0) is 21.7. The molecule has 158 valence electrons. The van der Waals surface area contributed by atoms with Crippen molar-refractivity contribution in [3.63, 3.8) is 0 Å². The van der Waals surface area contributed by atoms with Crippen molar-refractivity contribution >= 4 is 18.0 Å². The van der Waals surface area contributed by atoms with Gasteiger partial charge in [0.15, 0.2) is 0 Å². The molecule has 0 fully saturated rings. The van der Waals surface area contributed by atoms with Crippen molar-refractivity contribution in [2.45, 2.75) is 24.9 Å². The van der Waals surface area contributed by atoms with Gasteiger partial charge in [0.05, 0.1) is 18.6 Å². The summed E-state index contributed by atoms with van der Waals surface area (Å²) in [5.41, 5.74) is 2.84. The van der Waals surface area contributed by atoms with E-state index in [2.05, 4.69) is 10.6 Å². The minimum atomic E-state index is -1.58. The maximum absolute atomic E-state index is 12.0. The van der Waals surface area contributed by atoms with Crippen LogP contribution in [0.2, 0.25) is 0 Å². The lowest BCUT2D eigenvalue weighted by Crippen LogP contribution is -2.45. The van der Waals surface area contributed by atoms with Gasteiger partial charge in [0.1, 0.15) is 6.61 Å². The molecule has 30 heavy (non-hydrogen) atoms. The Balaban J connectivity index is 1.49. The molecule has 0 heterocycles. The van der Waals surface area contributed by atoms with Crippen LogP contribution in [0.15, 0.2) is 48.5 Å². The lowest BCUT2D eigenvalue weighted by atomic mass is 9.98. The summed E-state index contributed by atoms with van der Waals surface area (Å²) >= 11 is 0. The fraction of sp³-hybridized carbons (Fsp3) is 0.318. The summed E-state index contributed by atoms with van der Waals surface area (Å²) in [6.07, 6.45) is -1.24. The molecule has 0 spiro atoms. The smallest absolute Gasteiger partial charge is 0.407 e. The van der Waals surface area contributed by atoms with Gasteiger partial charge < -0.3 is 25.6 Å². The van der Waals surface area contributed by atoms with Crippen LogP contribution in [0, 0.1) is 0 Å². The molecule has 0 saturated carbocycles. The number of fused-ring (bicyclic) bond motifs is 3. The number of benzene rings is 2. The predicted octanol–water partition coefficient (Wildman–Crippen LogP) is 1.87. The predicted molar refractivity (Wildman–Crippen MR) is 109 cm³/mol. The van der Waals surface area contributed by atoms with E-state index in [0.717, 1.165) is 22.3 Å². The Morgan fingerprint density at radius 1 is 1.00 bits per heavy atom. The molecule has 0 saturated heterocycles. The first-order chi connectivity index (χ1) is 14.3. The van der Waals surface area contributed by atoms with Crippen LogP contribution in [-0.2, 0) is 14.3 Å². The summed E-state index contributed by atoms with van der Waals surface area (Å²) in [5.74, 6) is -1.82. The Kier molecular flexibility index (Phi) is 6.37. The minimum Gasteiger partial charge on any atom is -0.481 e. The molecular weight excluding hydrogens is 388 g/mol. The van der Waals surface area contributed by atoms with Crippen LogP contribution in [0.3, 0.4) is 0 Å². The van der Waals surface area contributed by atoms with Gasteiger partial charge in [-0.25, -0.2) is 4.79 Å². The lowest BCUT2D eigenvalue weighted by molar-refractivity contribution is -0.142. The van der Waals surface area contributed by atoms with Crippen LogP contribution in [0.1, 0.15) is 30.4 Å². The van der Waals surface area contributed by atoms with Crippen molar-refractivity contribution < 1.29 is 29.3 Å². The highest BCUT2D eigenvalue weighted by molar-refractivity contribution is 5.82. The number of ether oxygens (including phenoxy) is 1. The Hall–Kier alpha value is -3.39. The first kappa shape index (κ1) is 21.3. The van der Waals surface area contributed by atoms with Crippen LogP contribution in [-0.4, -0.2) is 53.5 Å². The number of rotatable bonds is 8. The van der Waals surface area contributed by atoms with E-state index >= 15 is 0 Å². The van der Waals surface area contributed by atoms with Crippen LogP contribution in [0.25, 0.3) is 11.1 Å². The van der Waals surface area contributed by atoms with E-state index in [1.807, 2.05) is 48.5 Å². The highest BCUT2D eigenvalue weighted by Crippen LogP contribution is 2.44. The lowest BCUT2D eigenvalue weighted by Gasteiger charge is -2.21. The molecule has 0 bridgehead atoms. The molecule has 2 amide bonds. The van der Waals surface area contributed by atoms with Gasteiger partial charge in [-0.05, 0) is 29.2 Å². The summed E-state index contributed by atoms with van der Waals surface area (Å²) in [7, 11) is 0. The summed E-state index contributed by atoms with van der Waals surface area (Å²) in [6.45, 7) is 0.847. The molecule has 2 aromatic carbocycles. The zero-order valence-electron chi connectivity index (χ0n) is 16.6. The van der Waals surface area contributed by atoms with Crippen LogP contribution < -0.4 is 10.6 Å². The van der Waals surface area contributed by atoms with Gasteiger partial charge in [-0.1, -0.05) is 48.5 Å². The van der Waals surface area contributed by atoms with Crippen molar-refractivity contribution in [2.75, 3.05) is 19.7 Å². The number of carboxylic acid groups (broad SMARTS) is 1. The topological polar surface area (TPSA) is 125 Å². The largest absolute Gasteiger partial charge is 0.481 e. The van der Waals surface area contributed by atoms with Gasteiger partial charge >= 0.3 is 12.1 Å². The Bertz CT molecular complexity index is 911. The molecule has 8 nitrogen and oxygen atoms in total. The number of carboxylic acids is 1. The molecular formula is C22H24N2O6. The van der Waals surface area contributed by atoms with E-state index in [1.165, 1.54) is 6.92 Å². The van der Waals surface area contributed by atoms with E-state index in [0.29, 0.717) is 0 Å². The summed E-state index contributed by atoms with van der Waals surface area (Å²) in [5, 5.41) is 23.3. The van der Waals surface area contributed by atoms with E-state index in [-0.39, 0.29) is 25.6 Å². The normalized spacial score (nSPS) is 14.2. The van der Waals surface area contributed by atoms with Crippen molar-refractivity contribution in [3.8, 4) is 11.1 Å². The second kappa shape index (κ2) is 8.96. The number of aliphatic hydroxyl groups is 1. The van der Waals surface area contributed by atoms with Crippen molar-refractivity contribution in [2.24, 2.45) is 0 Å². The second-order valence-corrected chi connectivity index (χ2v) is 7.52. The number of carbonyl (C=O) groups is 3. The van der Waals surface area contributed by atoms with E-state index in [9.17, 15) is 19.5 Å². The maximum Gasteiger partial charge on any atom is 0.407 e. The Morgan fingerprint density at radius 3 is 2.13 bits per heavy atom. The molecule has 8 heteroatoms. The number of aliphatic carboxylic acids is 1. The number of hydrogen-bond donors (Lipinski definition) is 4. The standard InChI is InChI=1S/C22H24N2O6/c1-22(29,10-20(26)27)13-24-19(25)11-23-21(28)30-12-18-16-8-4-2-6-14(16)15-7-3-5-9-17(15)18/h2-9,18,29H,10-13H2,1H3,(H,23,28)(H,24,25)(H,26,27). The Labute approximate surface area is 173 Å². The highest BCUT2D eigenvalue weighted by atomic mass is 16.5. The van der Waals surface area contributed by atoms with Crippen LogP contribution >= 0.6 is 0 Å².